The highest BCUT2D eigenvalue weighted by Crippen LogP contribution is 2.33. The van der Waals surface area contributed by atoms with Crippen LogP contribution in [0.25, 0.3) is 0 Å². The molecule has 0 radical (unpaired) electrons. The van der Waals surface area contributed by atoms with Crippen molar-refractivity contribution in [1.29, 1.82) is 0 Å². The lowest BCUT2D eigenvalue weighted by atomic mass is 9.89. The molecule has 0 aliphatic heterocycles. The van der Waals surface area contributed by atoms with Gasteiger partial charge in [0.2, 0.25) is 0 Å². The average Bonchev–Trinajstić information content (AvgIpc) is 2.59. The lowest BCUT2D eigenvalue weighted by Crippen LogP contribution is -2.14. The second-order valence-electron chi connectivity index (χ2n) is 5.25. The summed E-state index contributed by atoms with van der Waals surface area (Å²) in [6.07, 6.45) is 2.55. The SMILES string of the molecule is O[C@@H]1Cc2ncccc2C[C@H](c2cccc(F)c2F)C1. The topological polar surface area (TPSA) is 33.1 Å². The van der Waals surface area contributed by atoms with Crippen LogP contribution in [-0.4, -0.2) is 16.2 Å². The van der Waals surface area contributed by atoms with Gasteiger partial charge >= 0.3 is 0 Å². The Balaban J connectivity index is 2.00. The van der Waals surface area contributed by atoms with Gasteiger partial charge in [0.1, 0.15) is 0 Å². The predicted molar refractivity (Wildman–Crippen MR) is 71.4 cm³/mol. The molecule has 4 heteroatoms. The molecule has 1 aromatic carbocycles. The fraction of sp³-hybridized carbons (Fsp3) is 0.312. The van der Waals surface area contributed by atoms with Gasteiger partial charge in [-0.05, 0) is 42.0 Å². The maximum Gasteiger partial charge on any atom is 0.162 e. The van der Waals surface area contributed by atoms with Crippen molar-refractivity contribution in [3.8, 4) is 0 Å². The zero-order valence-electron chi connectivity index (χ0n) is 10.9. The lowest BCUT2D eigenvalue weighted by Gasteiger charge is -2.18. The second-order valence-corrected chi connectivity index (χ2v) is 5.25. The fourth-order valence-corrected chi connectivity index (χ4v) is 2.90. The number of fused-ring (bicyclic) bond motifs is 1. The van der Waals surface area contributed by atoms with E-state index in [1.165, 1.54) is 6.07 Å². The van der Waals surface area contributed by atoms with Crippen molar-refractivity contribution in [1.82, 2.24) is 4.98 Å². The van der Waals surface area contributed by atoms with Crippen molar-refractivity contribution in [3.63, 3.8) is 0 Å². The average molecular weight is 275 g/mol. The van der Waals surface area contributed by atoms with E-state index in [1.54, 1.807) is 12.3 Å². The van der Waals surface area contributed by atoms with E-state index >= 15 is 0 Å². The second kappa shape index (κ2) is 5.29. The molecule has 20 heavy (non-hydrogen) atoms. The summed E-state index contributed by atoms with van der Waals surface area (Å²) in [6.45, 7) is 0. The molecule has 2 nitrogen and oxygen atoms in total. The van der Waals surface area contributed by atoms with Crippen LogP contribution in [0.1, 0.15) is 29.2 Å². The van der Waals surface area contributed by atoms with E-state index in [4.69, 9.17) is 0 Å². The molecule has 0 unspecified atom stereocenters. The van der Waals surface area contributed by atoms with E-state index in [0.717, 1.165) is 17.3 Å². The molecule has 0 bridgehead atoms. The first kappa shape index (κ1) is 13.2. The first-order chi connectivity index (χ1) is 9.65. The van der Waals surface area contributed by atoms with Gasteiger partial charge in [0.05, 0.1) is 6.10 Å². The van der Waals surface area contributed by atoms with Crippen LogP contribution in [0.5, 0.6) is 0 Å². The first-order valence-corrected chi connectivity index (χ1v) is 6.70. The third-order valence-corrected chi connectivity index (χ3v) is 3.86. The quantitative estimate of drug-likeness (QED) is 0.812. The molecule has 2 atom stereocenters. The van der Waals surface area contributed by atoms with Gasteiger partial charge in [-0.3, -0.25) is 4.98 Å². The molecule has 1 heterocycles. The molecule has 1 aromatic heterocycles. The highest BCUT2D eigenvalue weighted by atomic mass is 19.2. The Morgan fingerprint density at radius 2 is 1.95 bits per heavy atom. The van der Waals surface area contributed by atoms with Gasteiger partial charge < -0.3 is 5.11 Å². The van der Waals surface area contributed by atoms with Crippen LogP contribution in [0.4, 0.5) is 8.78 Å². The highest BCUT2D eigenvalue weighted by Gasteiger charge is 2.26. The number of aliphatic hydroxyl groups is 1. The number of hydrogen-bond acceptors (Lipinski definition) is 2. The standard InChI is InChI=1S/C16H15F2NO/c17-14-5-1-4-13(16(14)18)11-7-10-3-2-6-19-15(10)9-12(20)8-11/h1-6,11-12,20H,7-9H2/t11-,12-/m0/s1. The fourth-order valence-electron chi connectivity index (χ4n) is 2.90. The minimum Gasteiger partial charge on any atom is -0.393 e. The Labute approximate surface area is 116 Å². The first-order valence-electron chi connectivity index (χ1n) is 6.70. The third-order valence-electron chi connectivity index (χ3n) is 3.86. The van der Waals surface area contributed by atoms with Gasteiger partial charge in [-0.2, -0.15) is 0 Å². The Hall–Kier alpha value is -1.81. The number of halogens is 2. The number of nitrogens with zero attached hydrogens (tertiary/aromatic N) is 1. The van der Waals surface area contributed by atoms with Gasteiger partial charge in [-0.15, -0.1) is 0 Å². The van der Waals surface area contributed by atoms with Crippen LogP contribution in [-0.2, 0) is 12.8 Å². The molecule has 1 N–H and O–H groups in total. The molecular weight excluding hydrogens is 260 g/mol. The van der Waals surface area contributed by atoms with E-state index < -0.39 is 17.7 Å². The van der Waals surface area contributed by atoms with Crippen LogP contribution >= 0.6 is 0 Å². The smallest absolute Gasteiger partial charge is 0.162 e. The van der Waals surface area contributed by atoms with Crippen LogP contribution in [0, 0.1) is 11.6 Å². The van der Waals surface area contributed by atoms with Crippen LogP contribution in [0.2, 0.25) is 0 Å². The number of rotatable bonds is 1. The van der Waals surface area contributed by atoms with E-state index in [9.17, 15) is 13.9 Å². The molecule has 0 spiro atoms. The zero-order chi connectivity index (χ0) is 14.1. The summed E-state index contributed by atoms with van der Waals surface area (Å²) in [5.74, 6) is -1.88. The molecule has 0 saturated carbocycles. The molecule has 2 aromatic rings. The Morgan fingerprint density at radius 3 is 2.80 bits per heavy atom. The zero-order valence-corrected chi connectivity index (χ0v) is 10.9. The Kier molecular flexibility index (Phi) is 3.49. The van der Waals surface area contributed by atoms with Gasteiger partial charge in [0.15, 0.2) is 11.6 Å². The maximum absolute atomic E-state index is 13.9. The summed E-state index contributed by atoms with van der Waals surface area (Å²) in [6, 6.07) is 7.98. The molecule has 0 amide bonds. The van der Waals surface area contributed by atoms with E-state index in [0.29, 0.717) is 24.8 Å². The molecule has 0 saturated heterocycles. The third kappa shape index (κ3) is 2.43. The monoisotopic (exact) mass is 275 g/mol. The van der Waals surface area contributed by atoms with Crippen molar-refractivity contribution in [2.45, 2.75) is 31.3 Å². The lowest BCUT2D eigenvalue weighted by molar-refractivity contribution is 0.157. The molecule has 1 aliphatic rings. The number of hydrogen-bond donors (Lipinski definition) is 1. The largest absolute Gasteiger partial charge is 0.393 e. The van der Waals surface area contributed by atoms with Crippen molar-refractivity contribution >= 4 is 0 Å². The predicted octanol–water partition coefficient (Wildman–Crippen LogP) is 2.99. The maximum atomic E-state index is 13.9. The highest BCUT2D eigenvalue weighted by molar-refractivity contribution is 5.30. The minimum atomic E-state index is -0.840. The summed E-state index contributed by atoms with van der Waals surface area (Å²) in [4.78, 5) is 4.27. The van der Waals surface area contributed by atoms with E-state index in [-0.39, 0.29) is 5.92 Å². The molecule has 3 rings (SSSR count). The summed E-state index contributed by atoms with van der Waals surface area (Å²) in [5, 5.41) is 10.1. The summed E-state index contributed by atoms with van der Waals surface area (Å²) < 4.78 is 27.3. The van der Waals surface area contributed by atoms with Gasteiger partial charge in [-0.1, -0.05) is 18.2 Å². The van der Waals surface area contributed by atoms with Crippen LogP contribution < -0.4 is 0 Å². The van der Waals surface area contributed by atoms with Crippen molar-refractivity contribution in [3.05, 3.63) is 65.0 Å². The van der Waals surface area contributed by atoms with Crippen molar-refractivity contribution in [2.24, 2.45) is 0 Å². The number of aromatic nitrogens is 1. The van der Waals surface area contributed by atoms with Crippen LogP contribution in [0.15, 0.2) is 36.5 Å². The summed E-state index contributed by atoms with van der Waals surface area (Å²) >= 11 is 0. The number of benzene rings is 1. The van der Waals surface area contributed by atoms with Crippen molar-refractivity contribution in [2.75, 3.05) is 0 Å². The summed E-state index contributed by atoms with van der Waals surface area (Å²) in [7, 11) is 0. The van der Waals surface area contributed by atoms with Crippen molar-refractivity contribution < 1.29 is 13.9 Å². The normalized spacial score (nSPS) is 22.1. The minimum absolute atomic E-state index is 0.230. The van der Waals surface area contributed by atoms with Gasteiger partial charge in [0.25, 0.3) is 0 Å². The Bertz CT molecular complexity index is 630. The number of aliphatic hydroxyl groups excluding tert-OH is 1. The molecule has 0 fully saturated rings. The van der Waals surface area contributed by atoms with E-state index in [2.05, 4.69) is 4.98 Å². The van der Waals surface area contributed by atoms with Crippen LogP contribution in [0.3, 0.4) is 0 Å². The summed E-state index contributed by atoms with van der Waals surface area (Å²) in [5.41, 5.74) is 2.18. The van der Waals surface area contributed by atoms with Gasteiger partial charge in [-0.25, -0.2) is 8.78 Å². The van der Waals surface area contributed by atoms with E-state index in [1.807, 2.05) is 12.1 Å². The molecule has 1 aliphatic carbocycles. The Morgan fingerprint density at radius 1 is 1.10 bits per heavy atom. The number of pyridine rings is 1. The van der Waals surface area contributed by atoms with Gasteiger partial charge in [0, 0.05) is 18.3 Å². The molecular formula is C16H15F2NO. The molecule has 104 valence electrons.